The monoisotopic (exact) mass is 246 g/mol. The van der Waals surface area contributed by atoms with Gasteiger partial charge >= 0.3 is 5.69 Å². The van der Waals surface area contributed by atoms with Crippen LogP contribution in [0.15, 0.2) is 29.1 Å². The molecule has 18 heavy (non-hydrogen) atoms. The maximum Gasteiger partial charge on any atom is 0.348 e. The van der Waals surface area contributed by atoms with Crippen LogP contribution in [0.2, 0.25) is 0 Å². The summed E-state index contributed by atoms with van der Waals surface area (Å²) >= 11 is 0. The molecule has 0 spiro atoms. The number of nitrogens with zero attached hydrogens (tertiary/aromatic N) is 2. The van der Waals surface area contributed by atoms with Gasteiger partial charge in [-0.3, -0.25) is 4.98 Å². The minimum absolute atomic E-state index is 0.206. The van der Waals surface area contributed by atoms with Crippen molar-refractivity contribution in [3.63, 3.8) is 0 Å². The smallest absolute Gasteiger partial charge is 0.348 e. The molecule has 0 saturated carbocycles. The molecule has 0 amide bonds. The number of benzene rings is 1. The van der Waals surface area contributed by atoms with Crippen molar-refractivity contribution in [3.8, 4) is 11.4 Å². The Morgan fingerprint density at radius 1 is 1.33 bits per heavy atom. The molecule has 94 valence electrons. The van der Waals surface area contributed by atoms with E-state index in [1.165, 1.54) is 4.68 Å². The summed E-state index contributed by atoms with van der Waals surface area (Å²) in [6.07, 6.45) is 0. The summed E-state index contributed by atoms with van der Waals surface area (Å²) in [7, 11) is 1.61. The first-order valence-corrected chi connectivity index (χ1v) is 5.82. The molecule has 0 aliphatic carbocycles. The third-order valence-corrected chi connectivity index (χ3v) is 3.12. The van der Waals surface area contributed by atoms with E-state index in [9.17, 15) is 4.79 Å². The van der Waals surface area contributed by atoms with Gasteiger partial charge in [0.1, 0.15) is 11.6 Å². The lowest BCUT2D eigenvalue weighted by molar-refractivity contribution is 0.414. The molecule has 0 atom stereocenters. The average Bonchev–Trinajstić information content (AvgIpc) is 2.69. The number of H-pyrrole nitrogens is 1. The van der Waals surface area contributed by atoms with E-state index < -0.39 is 0 Å². The molecule has 0 radical (unpaired) electrons. The number of aromatic nitrogens is 3. The quantitative estimate of drug-likeness (QED) is 0.814. The molecular formula is C12H14N4O2. The zero-order valence-electron chi connectivity index (χ0n) is 10.0. The van der Waals surface area contributed by atoms with Gasteiger partial charge in [-0.2, -0.15) is 4.68 Å². The molecule has 3 rings (SSSR count). The Morgan fingerprint density at radius 3 is 2.61 bits per heavy atom. The number of ether oxygens (including phenoxy) is 1. The number of hydrogen-bond acceptors (Lipinski definition) is 4. The highest BCUT2D eigenvalue weighted by atomic mass is 16.5. The maximum absolute atomic E-state index is 11.8. The van der Waals surface area contributed by atoms with Crippen LogP contribution in [0.3, 0.4) is 0 Å². The lowest BCUT2D eigenvalue weighted by Crippen LogP contribution is -2.40. The van der Waals surface area contributed by atoms with Gasteiger partial charge in [-0.15, -0.1) is 5.10 Å². The highest BCUT2D eigenvalue weighted by Gasteiger charge is 2.23. The molecule has 0 bridgehead atoms. The Kier molecular flexibility index (Phi) is 2.64. The first-order valence-electron chi connectivity index (χ1n) is 5.82. The topological polar surface area (TPSA) is 71.9 Å². The zero-order chi connectivity index (χ0) is 12.5. The lowest BCUT2D eigenvalue weighted by Gasteiger charge is -2.24. The molecule has 1 aliphatic heterocycles. The van der Waals surface area contributed by atoms with Crippen molar-refractivity contribution in [2.45, 2.75) is 5.92 Å². The maximum atomic E-state index is 11.8. The van der Waals surface area contributed by atoms with Crippen LogP contribution in [-0.4, -0.2) is 35.0 Å². The SMILES string of the molecule is COc1ccc(-n2nc(C3CNC3)[nH]c2=O)cc1. The van der Waals surface area contributed by atoms with E-state index >= 15 is 0 Å². The first-order chi connectivity index (χ1) is 8.78. The summed E-state index contributed by atoms with van der Waals surface area (Å²) in [6.45, 7) is 1.74. The second kappa shape index (κ2) is 4.30. The normalized spacial score (nSPS) is 15.4. The Balaban J connectivity index is 1.94. The average molecular weight is 246 g/mol. The molecule has 1 saturated heterocycles. The predicted molar refractivity (Wildman–Crippen MR) is 66.3 cm³/mol. The molecule has 2 aromatic rings. The fourth-order valence-corrected chi connectivity index (χ4v) is 1.90. The highest BCUT2D eigenvalue weighted by molar-refractivity contribution is 5.36. The van der Waals surface area contributed by atoms with Crippen molar-refractivity contribution >= 4 is 0 Å². The van der Waals surface area contributed by atoms with Gasteiger partial charge in [-0.1, -0.05) is 0 Å². The van der Waals surface area contributed by atoms with Gasteiger partial charge in [0.2, 0.25) is 0 Å². The molecule has 2 heterocycles. The van der Waals surface area contributed by atoms with E-state index in [1.807, 2.05) is 12.1 Å². The summed E-state index contributed by atoms with van der Waals surface area (Å²) in [5, 5.41) is 7.48. The summed E-state index contributed by atoms with van der Waals surface area (Å²) in [6, 6.07) is 7.23. The van der Waals surface area contributed by atoms with Crippen molar-refractivity contribution in [2.75, 3.05) is 20.2 Å². The third kappa shape index (κ3) is 1.80. The molecular weight excluding hydrogens is 232 g/mol. The fourth-order valence-electron chi connectivity index (χ4n) is 1.90. The molecule has 0 unspecified atom stereocenters. The summed E-state index contributed by atoms with van der Waals surface area (Å²) in [5.41, 5.74) is 0.526. The first kappa shape index (κ1) is 11.0. The van der Waals surface area contributed by atoms with Crippen LogP contribution in [0.25, 0.3) is 5.69 Å². The second-order valence-electron chi connectivity index (χ2n) is 4.28. The Hall–Kier alpha value is -2.08. The van der Waals surface area contributed by atoms with Crippen molar-refractivity contribution in [2.24, 2.45) is 0 Å². The highest BCUT2D eigenvalue weighted by Crippen LogP contribution is 2.16. The second-order valence-corrected chi connectivity index (χ2v) is 4.28. The molecule has 6 nitrogen and oxygen atoms in total. The third-order valence-electron chi connectivity index (χ3n) is 3.12. The van der Waals surface area contributed by atoms with Gasteiger partial charge in [0.25, 0.3) is 0 Å². The summed E-state index contributed by atoms with van der Waals surface area (Å²) < 4.78 is 6.46. The van der Waals surface area contributed by atoms with Crippen LogP contribution in [-0.2, 0) is 0 Å². The predicted octanol–water partition coefficient (Wildman–Crippen LogP) is 0.256. The van der Waals surface area contributed by atoms with E-state index in [1.54, 1.807) is 19.2 Å². The minimum atomic E-state index is -0.206. The van der Waals surface area contributed by atoms with Crippen molar-refractivity contribution in [1.29, 1.82) is 0 Å². The molecule has 1 aliphatic rings. The van der Waals surface area contributed by atoms with Crippen LogP contribution < -0.4 is 15.7 Å². The molecule has 1 aromatic carbocycles. The summed E-state index contributed by atoms with van der Waals surface area (Å²) in [4.78, 5) is 14.6. The van der Waals surface area contributed by atoms with Gasteiger partial charge in [0.15, 0.2) is 0 Å². The lowest BCUT2D eigenvalue weighted by atomic mass is 10.0. The van der Waals surface area contributed by atoms with Crippen LogP contribution in [0.5, 0.6) is 5.75 Å². The summed E-state index contributed by atoms with van der Waals surface area (Å²) in [5.74, 6) is 1.82. The van der Waals surface area contributed by atoms with Crippen molar-refractivity contribution < 1.29 is 4.74 Å². The van der Waals surface area contributed by atoms with Gasteiger partial charge in [-0.05, 0) is 24.3 Å². The Morgan fingerprint density at radius 2 is 2.06 bits per heavy atom. The molecule has 1 aromatic heterocycles. The minimum Gasteiger partial charge on any atom is -0.497 e. The number of rotatable bonds is 3. The van der Waals surface area contributed by atoms with Gasteiger partial charge in [0.05, 0.1) is 12.8 Å². The van der Waals surface area contributed by atoms with Crippen LogP contribution in [0.4, 0.5) is 0 Å². The molecule has 2 N–H and O–H groups in total. The van der Waals surface area contributed by atoms with E-state index in [-0.39, 0.29) is 5.69 Å². The van der Waals surface area contributed by atoms with E-state index in [0.717, 1.165) is 30.4 Å². The number of methoxy groups -OCH3 is 1. The van der Waals surface area contributed by atoms with Crippen molar-refractivity contribution in [3.05, 3.63) is 40.6 Å². The number of aromatic amines is 1. The fraction of sp³-hybridized carbons (Fsp3) is 0.333. The Bertz CT molecular complexity index is 595. The van der Waals surface area contributed by atoms with E-state index in [2.05, 4.69) is 15.4 Å². The van der Waals surface area contributed by atoms with Gasteiger partial charge in [-0.25, -0.2) is 4.79 Å². The zero-order valence-corrected chi connectivity index (χ0v) is 10.0. The van der Waals surface area contributed by atoms with Crippen LogP contribution >= 0.6 is 0 Å². The van der Waals surface area contributed by atoms with Crippen LogP contribution in [0.1, 0.15) is 11.7 Å². The number of nitrogens with one attached hydrogen (secondary N) is 2. The Labute approximate surface area is 104 Å². The molecule has 1 fully saturated rings. The largest absolute Gasteiger partial charge is 0.497 e. The van der Waals surface area contributed by atoms with Crippen LogP contribution in [0, 0.1) is 0 Å². The van der Waals surface area contributed by atoms with Crippen molar-refractivity contribution in [1.82, 2.24) is 20.1 Å². The van der Waals surface area contributed by atoms with E-state index in [4.69, 9.17) is 4.74 Å². The van der Waals surface area contributed by atoms with Gasteiger partial charge in [0, 0.05) is 19.0 Å². The molecule has 6 heteroatoms. The standard InChI is InChI=1S/C12H14N4O2/c1-18-10-4-2-9(3-5-10)16-12(17)14-11(15-16)8-6-13-7-8/h2-5,8,13H,6-7H2,1H3,(H,14,15,17). The van der Waals surface area contributed by atoms with E-state index in [0.29, 0.717) is 5.92 Å². The number of hydrogen-bond donors (Lipinski definition) is 2. The van der Waals surface area contributed by atoms with Gasteiger partial charge < -0.3 is 10.1 Å².